The summed E-state index contributed by atoms with van der Waals surface area (Å²) in [5.41, 5.74) is 5.37. The second-order valence-electron chi connectivity index (χ2n) is 5.59. The summed E-state index contributed by atoms with van der Waals surface area (Å²) >= 11 is 0. The molecule has 0 saturated heterocycles. The maximum absolute atomic E-state index is 12.7. The highest BCUT2D eigenvalue weighted by Gasteiger charge is 2.42. The second-order valence-corrected chi connectivity index (χ2v) is 5.59. The van der Waals surface area contributed by atoms with Gasteiger partial charge in [0.1, 0.15) is 11.6 Å². The van der Waals surface area contributed by atoms with Crippen LogP contribution in [0.3, 0.4) is 0 Å². The van der Waals surface area contributed by atoms with Crippen LogP contribution in [0, 0.1) is 5.92 Å². The average Bonchev–Trinajstić information content (AvgIpc) is 2.57. The number of aromatic nitrogens is 3. The molecule has 0 amide bonds. The van der Waals surface area contributed by atoms with E-state index in [1.165, 1.54) is 0 Å². The van der Waals surface area contributed by atoms with Crippen LogP contribution in [0.2, 0.25) is 0 Å². The van der Waals surface area contributed by atoms with Crippen molar-refractivity contribution >= 4 is 0 Å². The van der Waals surface area contributed by atoms with Crippen molar-refractivity contribution in [2.75, 3.05) is 0 Å². The van der Waals surface area contributed by atoms with E-state index in [2.05, 4.69) is 10.2 Å². The predicted octanol–water partition coefficient (Wildman–Crippen LogP) is 1.68. The molecule has 102 valence electrons. The Kier molecular flexibility index (Phi) is 3.12. The zero-order valence-corrected chi connectivity index (χ0v) is 10.5. The van der Waals surface area contributed by atoms with Gasteiger partial charge >= 0.3 is 6.18 Å². The summed E-state index contributed by atoms with van der Waals surface area (Å²) in [4.78, 5) is 0. The molecule has 0 saturated carbocycles. The standard InChI is InChI=1S/C11H17F3N4/c1-10(2,15)5-9-17-16-8-4-3-7(6-18(8)9)11(12,13)14/h7H,3-6,15H2,1-2H3. The van der Waals surface area contributed by atoms with Gasteiger partial charge in [-0.1, -0.05) is 0 Å². The van der Waals surface area contributed by atoms with Gasteiger partial charge in [0.05, 0.1) is 5.92 Å². The van der Waals surface area contributed by atoms with Gasteiger partial charge in [-0.25, -0.2) is 0 Å². The molecule has 1 aromatic heterocycles. The van der Waals surface area contributed by atoms with E-state index in [9.17, 15) is 13.2 Å². The summed E-state index contributed by atoms with van der Waals surface area (Å²) in [6.45, 7) is 3.55. The molecule has 4 nitrogen and oxygen atoms in total. The summed E-state index contributed by atoms with van der Waals surface area (Å²) in [7, 11) is 0. The van der Waals surface area contributed by atoms with Crippen molar-refractivity contribution < 1.29 is 13.2 Å². The van der Waals surface area contributed by atoms with Gasteiger partial charge < -0.3 is 10.3 Å². The highest BCUT2D eigenvalue weighted by molar-refractivity contribution is 5.04. The fraction of sp³-hybridized carbons (Fsp3) is 0.818. The molecule has 1 aromatic rings. The summed E-state index contributed by atoms with van der Waals surface area (Å²) in [6.07, 6.45) is -3.32. The largest absolute Gasteiger partial charge is 0.393 e. The summed E-state index contributed by atoms with van der Waals surface area (Å²) < 4.78 is 39.8. The van der Waals surface area contributed by atoms with Crippen LogP contribution in [0.25, 0.3) is 0 Å². The third kappa shape index (κ3) is 2.82. The Morgan fingerprint density at radius 1 is 1.33 bits per heavy atom. The normalized spacial score (nSPS) is 20.9. The Balaban J connectivity index is 2.22. The van der Waals surface area contributed by atoms with E-state index in [4.69, 9.17) is 5.73 Å². The molecule has 0 aliphatic carbocycles. The van der Waals surface area contributed by atoms with E-state index >= 15 is 0 Å². The molecule has 1 atom stereocenters. The first-order valence-corrected chi connectivity index (χ1v) is 5.93. The van der Waals surface area contributed by atoms with Crippen LogP contribution in [-0.2, 0) is 19.4 Å². The van der Waals surface area contributed by atoms with Crippen LogP contribution in [0.4, 0.5) is 13.2 Å². The summed E-state index contributed by atoms with van der Waals surface area (Å²) in [6, 6.07) is 0. The Morgan fingerprint density at radius 3 is 2.56 bits per heavy atom. The molecule has 2 heterocycles. The Morgan fingerprint density at radius 2 is 2.00 bits per heavy atom. The third-order valence-electron chi connectivity index (χ3n) is 3.10. The van der Waals surface area contributed by atoms with E-state index in [0.717, 1.165) is 0 Å². The monoisotopic (exact) mass is 262 g/mol. The molecule has 0 bridgehead atoms. The van der Waals surface area contributed by atoms with Crippen molar-refractivity contribution in [1.29, 1.82) is 0 Å². The molecule has 1 aliphatic rings. The number of nitrogens with two attached hydrogens (primary N) is 1. The molecule has 1 unspecified atom stereocenters. The Hall–Kier alpha value is -1.11. The Bertz CT molecular complexity index is 430. The molecule has 7 heteroatoms. The first-order valence-electron chi connectivity index (χ1n) is 5.93. The topological polar surface area (TPSA) is 56.7 Å². The second kappa shape index (κ2) is 4.22. The van der Waals surface area contributed by atoms with Gasteiger partial charge in [-0.2, -0.15) is 13.2 Å². The van der Waals surface area contributed by atoms with Crippen LogP contribution >= 0.6 is 0 Å². The van der Waals surface area contributed by atoms with E-state index in [1.54, 1.807) is 4.57 Å². The lowest BCUT2D eigenvalue weighted by atomic mass is 9.97. The van der Waals surface area contributed by atoms with E-state index in [-0.39, 0.29) is 13.0 Å². The number of rotatable bonds is 2. The fourth-order valence-corrected chi connectivity index (χ4v) is 2.19. The molecule has 0 fully saturated rings. The smallest absolute Gasteiger partial charge is 0.325 e. The summed E-state index contributed by atoms with van der Waals surface area (Å²) in [5, 5.41) is 7.91. The lowest BCUT2D eigenvalue weighted by molar-refractivity contribution is -0.182. The van der Waals surface area contributed by atoms with Crippen molar-refractivity contribution in [2.45, 2.75) is 51.4 Å². The van der Waals surface area contributed by atoms with Crippen molar-refractivity contribution in [3.8, 4) is 0 Å². The zero-order chi connectivity index (χ0) is 13.6. The van der Waals surface area contributed by atoms with Crippen LogP contribution in [0.1, 0.15) is 31.9 Å². The highest BCUT2D eigenvalue weighted by atomic mass is 19.4. The van der Waals surface area contributed by atoms with E-state index in [0.29, 0.717) is 24.5 Å². The third-order valence-corrected chi connectivity index (χ3v) is 3.10. The van der Waals surface area contributed by atoms with Crippen molar-refractivity contribution in [3.63, 3.8) is 0 Å². The first kappa shape index (κ1) is 13.3. The van der Waals surface area contributed by atoms with Crippen molar-refractivity contribution in [3.05, 3.63) is 11.6 Å². The maximum Gasteiger partial charge on any atom is 0.393 e. The first-order chi connectivity index (χ1) is 8.17. The quantitative estimate of drug-likeness (QED) is 0.882. The van der Waals surface area contributed by atoms with Crippen LogP contribution in [0.5, 0.6) is 0 Å². The molecule has 2 N–H and O–H groups in total. The van der Waals surface area contributed by atoms with Gasteiger partial charge in [0.25, 0.3) is 0 Å². The Labute approximate surface area is 103 Å². The maximum atomic E-state index is 12.7. The SMILES string of the molecule is CC(C)(N)Cc1nnc2n1CC(C(F)(F)F)CC2. The number of fused-ring (bicyclic) bond motifs is 1. The molecule has 18 heavy (non-hydrogen) atoms. The molecule has 2 rings (SSSR count). The van der Waals surface area contributed by atoms with Gasteiger partial charge in [-0.05, 0) is 20.3 Å². The van der Waals surface area contributed by atoms with Gasteiger partial charge in [0, 0.05) is 24.9 Å². The number of nitrogens with zero attached hydrogens (tertiary/aromatic N) is 3. The van der Waals surface area contributed by atoms with Crippen molar-refractivity contribution in [2.24, 2.45) is 11.7 Å². The van der Waals surface area contributed by atoms with Gasteiger partial charge in [0.15, 0.2) is 0 Å². The number of hydrogen-bond donors (Lipinski definition) is 1. The van der Waals surface area contributed by atoms with Crippen LogP contribution in [-0.4, -0.2) is 26.5 Å². The minimum absolute atomic E-state index is 0.0861. The van der Waals surface area contributed by atoms with Gasteiger partial charge in [0.2, 0.25) is 0 Å². The molecule has 0 radical (unpaired) electrons. The van der Waals surface area contributed by atoms with Gasteiger partial charge in [-0.15, -0.1) is 10.2 Å². The molecule has 1 aliphatic heterocycles. The fourth-order valence-electron chi connectivity index (χ4n) is 2.19. The lowest BCUT2D eigenvalue weighted by Crippen LogP contribution is -2.37. The van der Waals surface area contributed by atoms with Crippen LogP contribution < -0.4 is 5.73 Å². The average molecular weight is 262 g/mol. The number of hydrogen-bond acceptors (Lipinski definition) is 3. The minimum atomic E-state index is -4.16. The minimum Gasteiger partial charge on any atom is -0.325 e. The number of alkyl halides is 3. The number of aryl methyl sites for hydroxylation is 1. The molecule has 0 aromatic carbocycles. The molecular weight excluding hydrogens is 245 g/mol. The van der Waals surface area contributed by atoms with E-state index in [1.807, 2.05) is 13.8 Å². The number of halogens is 3. The highest BCUT2D eigenvalue weighted by Crippen LogP contribution is 2.34. The van der Waals surface area contributed by atoms with E-state index < -0.39 is 17.6 Å². The lowest BCUT2D eigenvalue weighted by Gasteiger charge is -2.27. The van der Waals surface area contributed by atoms with Crippen LogP contribution in [0.15, 0.2) is 0 Å². The zero-order valence-electron chi connectivity index (χ0n) is 10.5. The van der Waals surface area contributed by atoms with Gasteiger partial charge in [-0.3, -0.25) is 0 Å². The summed E-state index contributed by atoms with van der Waals surface area (Å²) in [5.74, 6) is -0.123. The molecular formula is C11H17F3N4. The van der Waals surface area contributed by atoms with Crippen molar-refractivity contribution in [1.82, 2.24) is 14.8 Å². The predicted molar refractivity (Wildman–Crippen MR) is 59.9 cm³/mol. The molecule has 0 spiro atoms.